The minimum atomic E-state index is -0.654. The molecule has 0 saturated carbocycles. The van der Waals surface area contributed by atoms with Gasteiger partial charge in [-0.2, -0.15) is 5.10 Å². The predicted molar refractivity (Wildman–Crippen MR) is 52.2 cm³/mol. The lowest BCUT2D eigenvalue weighted by atomic mass is 9.88. The zero-order valence-corrected chi connectivity index (χ0v) is 7.74. The number of hydrazone groups is 1. The Morgan fingerprint density at radius 2 is 2.00 bits per heavy atom. The van der Waals surface area contributed by atoms with Crippen molar-refractivity contribution in [3.05, 3.63) is 24.3 Å². The molecule has 0 unspecified atom stereocenters. The molecule has 2 amide bonds. The lowest BCUT2D eigenvalue weighted by Crippen LogP contribution is -2.25. The molecule has 1 rings (SSSR count). The first-order chi connectivity index (χ1) is 5.99. The van der Waals surface area contributed by atoms with Crippen LogP contribution in [-0.4, -0.2) is 11.7 Å². The van der Waals surface area contributed by atoms with Crippen LogP contribution in [0.2, 0.25) is 0 Å². The Labute approximate surface area is 77.2 Å². The lowest BCUT2D eigenvalue weighted by Gasteiger charge is -2.17. The van der Waals surface area contributed by atoms with E-state index in [0.29, 0.717) is 5.71 Å². The third-order valence-electron chi connectivity index (χ3n) is 1.66. The second-order valence-electron chi connectivity index (χ2n) is 3.50. The number of nitrogens with zero attached hydrogens (tertiary/aromatic N) is 1. The number of nitrogens with two attached hydrogens (primary N) is 1. The second kappa shape index (κ2) is 3.43. The molecule has 0 spiro atoms. The van der Waals surface area contributed by atoms with Crippen LogP contribution >= 0.6 is 0 Å². The maximum Gasteiger partial charge on any atom is 0.332 e. The molecule has 0 aliphatic heterocycles. The fraction of sp³-hybridized carbons (Fsp3) is 0.333. The summed E-state index contributed by atoms with van der Waals surface area (Å²) in [5.74, 6) is 0. The highest BCUT2D eigenvalue weighted by Crippen LogP contribution is 2.21. The SMILES string of the molecule is CC1(C)C=CC(=NNC(N)=O)C=C1. The maximum absolute atomic E-state index is 10.3. The van der Waals surface area contributed by atoms with Crippen molar-refractivity contribution in [3.8, 4) is 0 Å². The molecule has 0 aromatic rings. The molecule has 0 atom stereocenters. The first kappa shape index (κ1) is 9.51. The maximum atomic E-state index is 10.3. The summed E-state index contributed by atoms with van der Waals surface area (Å²) in [5, 5.41) is 3.77. The summed E-state index contributed by atoms with van der Waals surface area (Å²) in [4.78, 5) is 10.3. The monoisotopic (exact) mass is 179 g/mol. The van der Waals surface area contributed by atoms with E-state index in [0.717, 1.165) is 0 Å². The van der Waals surface area contributed by atoms with Crippen LogP contribution in [0.5, 0.6) is 0 Å². The van der Waals surface area contributed by atoms with Gasteiger partial charge in [0.05, 0.1) is 5.71 Å². The molecule has 70 valence electrons. The van der Waals surface area contributed by atoms with Crippen molar-refractivity contribution in [2.45, 2.75) is 13.8 Å². The molecule has 0 bridgehead atoms. The molecule has 13 heavy (non-hydrogen) atoms. The highest BCUT2D eigenvalue weighted by atomic mass is 16.2. The zero-order chi connectivity index (χ0) is 9.90. The molecular weight excluding hydrogens is 166 g/mol. The van der Waals surface area contributed by atoms with E-state index in [-0.39, 0.29) is 5.41 Å². The van der Waals surface area contributed by atoms with Gasteiger partial charge in [0.15, 0.2) is 0 Å². The van der Waals surface area contributed by atoms with E-state index in [9.17, 15) is 4.79 Å². The number of hydrogen-bond donors (Lipinski definition) is 2. The highest BCUT2D eigenvalue weighted by molar-refractivity contribution is 6.05. The number of nitrogens with one attached hydrogen (secondary N) is 1. The van der Waals surface area contributed by atoms with E-state index in [2.05, 4.69) is 24.4 Å². The van der Waals surface area contributed by atoms with E-state index in [1.54, 1.807) is 0 Å². The van der Waals surface area contributed by atoms with Gasteiger partial charge < -0.3 is 5.73 Å². The Hall–Kier alpha value is -1.58. The van der Waals surface area contributed by atoms with E-state index in [1.165, 1.54) is 0 Å². The first-order valence-corrected chi connectivity index (χ1v) is 4.01. The minimum Gasteiger partial charge on any atom is -0.350 e. The standard InChI is InChI=1S/C9H13N3O/c1-9(2)5-3-7(4-6-9)11-12-8(10)13/h3-6H,1-2H3,(H3,10,12,13). The largest absolute Gasteiger partial charge is 0.350 e. The Morgan fingerprint density at radius 1 is 1.46 bits per heavy atom. The molecule has 0 aromatic heterocycles. The van der Waals surface area contributed by atoms with Crippen LogP contribution in [0.25, 0.3) is 0 Å². The van der Waals surface area contributed by atoms with Crippen LogP contribution in [0, 0.1) is 5.41 Å². The van der Waals surface area contributed by atoms with Crippen LogP contribution in [-0.2, 0) is 0 Å². The molecule has 0 heterocycles. The van der Waals surface area contributed by atoms with Gasteiger partial charge in [-0.1, -0.05) is 26.0 Å². The number of hydrogen-bond acceptors (Lipinski definition) is 2. The summed E-state index contributed by atoms with van der Waals surface area (Å²) in [6.07, 6.45) is 7.70. The molecule has 0 radical (unpaired) electrons. The Kier molecular flexibility index (Phi) is 2.51. The van der Waals surface area contributed by atoms with Crippen LogP contribution < -0.4 is 11.2 Å². The molecule has 0 saturated heterocycles. The molecule has 1 aliphatic rings. The molecule has 0 fully saturated rings. The first-order valence-electron chi connectivity index (χ1n) is 4.01. The quantitative estimate of drug-likeness (QED) is 0.583. The zero-order valence-electron chi connectivity index (χ0n) is 7.74. The minimum absolute atomic E-state index is 0.0613. The van der Waals surface area contributed by atoms with Crippen LogP contribution in [0.15, 0.2) is 29.4 Å². The molecule has 1 aliphatic carbocycles. The van der Waals surface area contributed by atoms with Crippen molar-refractivity contribution in [2.75, 3.05) is 0 Å². The Balaban J connectivity index is 2.64. The number of urea groups is 1. The third kappa shape index (κ3) is 3.11. The van der Waals surface area contributed by atoms with Crippen molar-refractivity contribution >= 4 is 11.7 Å². The predicted octanol–water partition coefficient (Wildman–Crippen LogP) is 1.16. The van der Waals surface area contributed by atoms with E-state index in [4.69, 9.17) is 5.73 Å². The summed E-state index contributed by atoms with van der Waals surface area (Å²) >= 11 is 0. The Bertz CT molecular complexity index is 282. The van der Waals surface area contributed by atoms with Crippen LogP contribution in [0.4, 0.5) is 4.79 Å². The summed E-state index contributed by atoms with van der Waals surface area (Å²) in [6.45, 7) is 4.16. The van der Waals surface area contributed by atoms with Gasteiger partial charge in [-0.05, 0) is 12.2 Å². The number of carbonyl (C=O) groups excluding carboxylic acids is 1. The number of amides is 2. The normalized spacial score (nSPS) is 18.5. The van der Waals surface area contributed by atoms with Gasteiger partial charge in [0.1, 0.15) is 0 Å². The van der Waals surface area contributed by atoms with Gasteiger partial charge in [0.2, 0.25) is 0 Å². The van der Waals surface area contributed by atoms with Crippen molar-refractivity contribution in [2.24, 2.45) is 16.3 Å². The van der Waals surface area contributed by atoms with E-state index < -0.39 is 6.03 Å². The lowest BCUT2D eigenvalue weighted by molar-refractivity contribution is 0.249. The summed E-state index contributed by atoms with van der Waals surface area (Å²) < 4.78 is 0. The molecule has 4 heteroatoms. The fourth-order valence-corrected chi connectivity index (χ4v) is 0.906. The average molecular weight is 179 g/mol. The van der Waals surface area contributed by atoms with Gasteiger partial charge in [-0.3, -0.25) is 0 Å². The van der Waals surface area contributed by atoms with Crippen molar-refractivity contribution < 1.29 is 4.79 Å². The van der Waals surface area contributed by atoms with Crippen LogP contribution in [0.1, 0.15) is 13.8 Å². The van der Waals surface area contributed by atoms with Crippen molar-refractivity contribution in [1.29, 1.82) is 0 Å². The van der Waals surface area contributed by atoms with E-state index >= 15 is 0 Å². The molecule has 4 nitrogen and oxygen atoms in total. The Morgan fingerprint density at radius 3 is 2.46 bits per heavy atom. The fourth-order valence-electron chi connectivity index (χ4n) is 0.906. The summed E-state index contributed by atoms with van der Waals surface area (Å²) in [5.41, 5.74) is 7.78. The van der Waals surface area contributed by atoms with Gasteiger partial charge in [0, 0.05) is 5.41 Å². The van der Waals surface area contributed by atoms with Gasteiger partial charge in [-0.25, -0.2) is 10.2 Å². The van der Waals surface area contributed by atoms with E-state index in [1.807, 2.05) is 24.3 Å². The highest BCUT2D eigenvalue weighted by Gasteiger charge is 2.12. The molecular formula is C9H13N3O. The molecule has 3 N–H and O–H groups in total. The number of carbonyl (C=O) groups is 1. The van der Waals surface area contributed by atoms with Gasteiger partial charge in [-0.15, -0.1) is 0 Å². The average Bonchev–Trinajstić information content (AvgIpc) is 2.02. The van der Waals surface area contributed by atoms with Crippen molar-refractivity contribution in [1.82, 2.24) is 5.43 Å². The van der Waals surface area contributed by atoms with Crippen molar-refractivity contribution in [3.63, 3.8) is 0 Å². The smallest absolute Gasteiger partial charge is 0.332 e. The topological polar surface area (TPSA) is 67.5 Å². The third-order valence-corrected chi connectivity index (χ3v) is 1.66. The van der Waals surface area contributed by atoms with Gasteiger partial charge in [0.25, 0.3) is 0 Å². The summed E-state index contributed by atoms with van der Waals surface area (Å²) in [6, 6.07) is -0.654. The van der Waals surface area contributed by atoms with Gasteiger partial charge >= 0.3 is 6.03 Å². The number of allylic oxidation sites excluding steroid dienone is 4. The van der Waals surface area contributed by atoms with Crippen LogP contribution in [0.3, 0.4) is 0 Å². The molecule has 0 aromatic carbocycles. The summed E-state index contributed by atoms with van der Waals surface area (Å²) in [7, 11) is 0. The number of rotatable bonds is 1. The second-order valence-corrected chi connectivity index (χ2v) is 3.50. The number of primary amides is 1.